The third kappa shape index (κ3) is 4.64. The first-order valence-corrected chi connectivity index (χ1v) is 10.3. The van der Waals surface area contributed by atoms with Crippen LogP contribution in [0.15, 0.2) is 60.9 Å². The molecule has 1 N–H and O–H groups in total. The highest BCUT2D eigenvalue weighted by Crippen LogP contribution is 2.24. The van der Waals surface area contributed by atoms with Gasteiger partial charge in [0.15, 0.2) is 0 Å². The van der Waals surface area contributed by atoms with Crippen molar-refractivity contribution in [3.05, 3.63) is 72.3 Å². The molecule has 1 aromatic heterocycles. The fourth-order valence-electron chi connectivity index (χ4n) is 3.72. The molecular formula is C24H25FN4O. The molecular weight excluding hydrogens is 379 g/mol. The van der Waals surface area contributed by atoms with Crippen LogP contribution in [0, 0.1) is 11.7 Å². The zero-order valence-corrected chi connectivity index (χ0v) is 17.0. The fraction of sp³-hybridized carbons (Fsp3) is 0.292. The molecule has 1 aliphatic heterocycles. The third-order valence-electron chi connectivity index (χ3n) is 5.52. The van der Waals surface area contributed by atoms with E-state index in [0.717, 1.165) is 42.6 Å². The van der Waals surface area contributed by atoms with Crippen LogP contribution in [0.25, 0.3) is 11.1 Å². The Balaban J connectivity index is 1.40. The number of hydrogen-bond donors (Lipinski definition) is 1. The van der Waals surface area contributed by atoms with E-state index in [1.54, 1.807) is 24.5 Å². The number of aryl methyl sites for hydroxylation is 1. The van der Waals surface area contributed by atoms with Crippen molar-refractivity contribution in [2.24, 2.45) is 5.92 Å². The van der Waals surface area contributed by atoms with Crippen LogP contribution in [0.1, 0.15) is 25.3 Å². The number of halogens is 1. The van der Waals surface area contributed by atoms with Gasteiger partial charge in [-0.25, -0.2) is 14.4 Å². The van der Waals surface area contributed by atoms with Gasteiger partial charge in [0.2, 0.25) is 11.9 Å². The molecule has 0 spiro atoms. The number of amides is 1. The summed E-state index contributed by atoms with van der Waals surface area (Å²) in [6.07, 6.45) is 6.23. The Kier molecular flexibility index (Phi) is 6.02. The molecule has 0 aliphatic carbocycles. The summed E-state index contributed by atoms with van der Waals surface area (Å²) in [7, 11) is 0. The molecule has 1 atom stereocenters. The van der Waals surface area contributed by atoms with Crippen molar-refractivity contribution < 1.29 is 9.18 Å². The Morgan fingerprint density at radius 1 is 1.07 bits per heavy atom. The second kappa shape index (κ2) is 9.03. The SMILES string of the molecule is CCc1ccc(NC(=O)[C@@H]2CCCN(c3ncc(-c4ccc(F)cc4)cn3)C2)cc1. The van der Waals surface area contributed by atoms with Crippen LogP contribution < -0.4 is 10.2 Å². The van der Waals surface area contributed by atoms with E-state index in [1.165, 1.54) is 17.7 Å². The van der Waals surface area contributed by atoms with Gasteiger partial charge < -0.3 is 10.2 Å². The van der Waals surface area contributed by atoms with E-state index in [4.69, 9.17) is 0 Å². The lowest BCUT2D eigenvalue weighted by atomic mass is 9.97. The summed E-state index contributed by atoms with van der Waals surface area (Å²) in [5.41, 5.74) is 3.78. The highest BCUT2D eigenvalue weighted by atomic mass is 19.1. The summed E-state index contributed by atoms with van der Waals surface area (Å²) in [5.74, 6) is 0.276. The van der Waals surface area contributed by atoms with E-state index in [9.17, 15) is 9.18 Å². The molecule has 1 fully saturated rings. The number of piperidine rings is 1. The van der Waals surface area contributed by atoms with Crippen molar-refractivity contribution in [2.75, 3.05) is 23.3 Å². The largest absolute Gasteiger partial charge is 0.340 e. The lowest BCUT2D eigenvalue weighted by molar-refractivity contribution is -0.120. The van der Waals surface area contributed by atoms with Crippen molar-refractivity contribution in [3.63, 3.8) is 0 Å². The quantitative estimate of drug-likeness (QED) is 0.670. The molecule has 6 heteroatoms. The minimum atomic E-state index is -0.268. The number of nitrogens with zero attached hydrogens (tertiary/aromatic N) is 3. The predicted molar refractivity (Wildman–Crippen MR) is 117 cm³/mol. The van der Waals surface area contributed by atoms with Crippen molar-refractivity contribution in [1.82, 2.24) is 9.97 Å². The Labute approximate surface area is 176 Å². The average Bonchev–Trinajstić information content (AvgIpc) is 2.80. The lowest BCUT2D eigenvalue weighted by Gasteiger charge is -2.32. The maximum absolute atomic E-state index is 13.1. The molecule has 0 radical (unpaired) electrons. The van der Waals surface area contributed by atoms with Crippen molar-refractivity contribution in [2.45, 2.75) is 26.2 Å². The van der Waals surface area contributed by atoms with E-state index < -0.39 is 0 Å². The van der Waals surface area contributed by atoms with Crippen LogP contribution in [0.4, 0.5) is 16.0 Å². The molecule has 4 rings (SSSR count). The lowest BCUT2D eigenvalue weighted by Crippen LogP contribution is -2.41. The molecule has 0 bridgehead atoms. The number of nitrogens with one attached hydrogen (secondary N) is 1. The average molecular weight is 404 g/mol. The van der Waals surface area contributed by atoms with Gasteiger partial charge in [-0.1, -0.05) is 31.2 Å². The highest BCUT2D eigenvalue weighted by Gasteiger charge is 2.27. The van der Waals surface area contributed by atoms with E-state index in [2.05, 4.69) is 27.1 Å². The van der Waals surface area contributed by atoms with Crippen molar-refractivity contribution >= 4 is 17.5 Å². The molecule has 5 nitrogen and oxygen atoms in total. The van der Waals surface area contributed by atoms with Crippen LogP contribution in [-0.2, 0) is 11.2 Å². The molecule has 0 unspecified atom stereocenters. The zero-order valence-electron chi connectivity index (χ0n) is 17.0. The molecule has 1 aliphatic rings. The number of aromatic nitrogens is 2. The number of carbonyl (C=O) groups is 1. The van der Waals surface area contributed by atoms with E-state index in [0.29, 0.717) is 12.5 Å². The summed E-state index contributed by atoms with van der Waals surface area (Å²) in [6.45, 7) is 3.53. The summed E-state index contributed by atoms with van der Waals surface area (Å²) in [6, 6.07) is 14.3. The monoisotopic (exact) mass is 404 g/mol. The van der Waals surface area contributed by atoms with Crippen LogP contribution in [0.2, 0.25) is 0 Å². The fourth-order valence-corrected chi connectivity index (χ4v) is 3.72. The first-order valence-electron chi connectivity index (χ1n) is 10.3. The minimum Gasteiger partial charge on any atom is -0.340 e. The smallest absolute Gasteiger partial charge is 0.229 e. The summed E-state index contributed by atoms with van der Waals surface area (Å²) < 4.78 is 13.1. The summed E-state index contributed by atoms with van der Waals surface area (Å²) >= 11 is 0. The van der Waals surface area contributed by atoms with Gasteiger partial charge in [0.1, 0.15) is 5.82 Å². The molecule has 1 saturated heterocycles. The number of benzene rings is 2. The first kappa shape index (κ1) is 20.0. The minimum absolute atomic E-state index is 0.0341. The number of hydrogen-bond acceptors (Lipinski definition) is 4. The van der Waals surface area contributed by atoms with Gasteiger partial charge in [0, 0.05) is 36.7 Å². The molecule has 30 heavy (non-hydrogen) atoms. The highest BCUT2D eigenvalue weighted by molar-refractivity contribution is 5.93. The Morgan fingerprint density at radius 3 is 2.43 bits per heavy atom. The van der Waals surface area contributed by atoms with Gasteiger partial charge in [0.05, 0.1) is 5.92 Å². The van der Waals surface area contributed by atoms with Crippen LogP contribution >= 0.6 is 0 Å². The van der Waals surface area contributed by atoms with E-state index >= 15 is 0 Å². The van der Waals surface area contributed by atoms with Crippen molar-refractivity contribution in [1.29, 1.82) is 0 Å². The van der Waals surface area contributed by atoms with Gasteiger partial charge in [-0.3, -0.25) is 4.79 Å². The Bertz CT molecular complexity index is 987. The second-order valence-electron chi connectivity index (χ2n) is 7.60. The molecule has 2 heterocycles. The topological polar surface area (TPSA) is 58.1 Å². The van der Waals surface area contributed by atoms with Crippen LogP contribution in [0.5, 0.6) is 0 Å². The molecule has 1 amide bonds. The van der Waals surface area contributed by atoms with E-state index in [-0.39, 0.29) is 17.6 Å². The van der Waals surface area contributed by atoms with Crippen LogP contribution in [0.3, 0.4) is 0 Å². The molecule has 154 valence electrons. The standard InChI is InChI=1S/C24H25FN4O/c1-2-17-5-11-22(12-6-17)28-23(30)19-4-3-13-29(16-19)24-26-14-20(15-27-24)18-7-9-21(25)10-8-18/h5-12,14-15,19H,2-4,13,16H2,1H3,(H,28,30)/t19-/m1/s1. The van der Waals surface area contributed by atoms with Gasteiger partial charge in [-0.2, -0.15) is 0 Å². The number of carbonyl (C=O) groups excluding carboxylic acids is 1. The summed E-state index contributed by atoms with van der Waals surface area (Å²) in [5, 5.41) is 3.03. The Hall–Kier alpha value is -3.28. The number of anilines is 2. The van der Waals surface area contributed by atoms with Crippen molar-refractivity contribution in [3.8, 4) is 11.1 Å². The summed E-state index contributed by atoms with van der Waals surface area (Å²) in [4.78, 5) is 23.8. The molecule has 2 aromatic carbocycles. The van der Waals surface area contributed by atoms with Gasteiger partial charge >= 0.3 is 0 Å². The van der Waals surface area contributed by atoms with Crippen LogP contribution in [-0.4, -0.2) is 29.0 Å². The second-order valence-corrected chi connectivity index (χ2v) is 7.60. The number of rotatable bonds is 5. The zero-order chi connectivity index (χ0) is 20.9. The molecule has 0 saturated carbocycles. The molecule has 3 aromatic rings. The predicted octanol–water partition coefficient (Wildman–Crippen LogP) is 4.70. The van der Waals surface area contributed by atoms with Gasteiger partial charge in [-0.05, 0) is 54.7 Å². The van der Waals surface area contributed by atoms with Gasteiger partial charge in [-0.15, -0.1) is 0 Å². The van der Waals surface area contributed by atoms with E-state index in [1.807, 2.05) is 24.3 Å². The maximum atomic E-state index is 13.1. The first-order chi connectivity index (χ1) is 14.6. The van der Waals surface area contributed by atoms with Gasteiger partial charge in [0.25, 0.3) is 0 Å². The third-order valence-corrected chi connectivity index (χ3v) is 5.52. The Morgan fingerprint density at radius 2 is 1.77 bits per heavy atom. The normalized spacial score (nSPS) is 16.3. The maximum Gasteiger partial charge on any atom is 0.229 e.